The third kappa shape index (κ3) is 4.24. The van der Waals surface area contributed by atoms with Gasteiger partial charge in [-0.3, -0.25) is 18.6 Å². The summed E-state index contributed by atoms with van der Waals surface area (Å²) in [7, 11) is 0. The zero-order valence-electron chi connectivity index (χ0n) is 16.5. The number of hydrogen-bond acceptors (Lipinski definition) is 6. The van der Waals surface area contributed by atoms with Gasteiger partial charge in [-0.25, -0.2) is 0 Å². The minimum Gasteiger partial charge on any atom is -0.465 e. The van der Waals surface area contributed by atoms with E-state index in [0.717, 1.165) is 23.9 Å². The molecule has 0 spiro atoms. The number of carbonyl (C=O) groups excluding carboxylic acids is 2. The van der Waals surface area contributed by atoms with Crippen molar-refractivity contribution in [2.45, 2.75) is 56.8 Å². The summed E-state index contributed by atoms with van der Waals surface area (Å²) < 4.78 is 8.77. The number of amides is 1. The third-order valence-electron chi connectivity index (χ3n) is 5.17. The zero-order chi connectivity index (χ0) is 20.2. The van der Waals surface area contributed by atoms with Crippen LogP contribution in [0.15, 0.2) is 29.4 Å². The fourth-order valence-corrected chi connectivity index (χ4v) is 4.61. The number of esters is 1. The molecule has 1 aliphatic rings. The Morgan fingerprint density at radius 2 is 1.93 bits per heavy atom. The number of carbonyl (C=O) groups is 2. The Bertz CT molecular complexity index is 1020. The van der Waals surface area contributed by atoms with Crippen LogP contribution in [0.2, 0.25) is 0 Å². The fourth-order valence-electron chi connectivity index (χ4n) is 3.88. The number of benzene rings is 1. The summed E-state index contributed by atoms with van der Waals surface area (Å²) in [5.74, 6) is 0.459. The molecule has 0 radical (unpaired) electrons. The Morgan fingerprint density at radius 3 is 2.69 bits per heavy atom. The van der Waals surface area contributed by atoms with E-state index in [9.17, 15) is 9.59 Å². The van der Waals surface area contributed by atoms with Crippen molar-refractivity contribution in [3.63, 3.8) is 0 Å². The Labute approximate surface area is 173 Å². The number of thioether (sulfide) groups is 1. The average molecular weight is 416 g/mol. The van der Waals surface area contributed by atoms with Gasteiger partial charge in [-0.1, -0.05) is 43.2 Å². The normalized spacial score (nSPS) is 15.1. The first kappa shape index (κ1) is 19.8. The van der Waals surface area contributed by atoms with Gasteiger partial charge in [0, 0.05) is 6.04 Å². The summed E-state index contributed by atoms with van der Waals surface area (Å²) in [5.41, 5.74) is 1.82. The number of rotatable bonds is 7. The minimum atomic E-state index is -0.287. The van der Waals surface area contributed by atoms with E-state index in [0.29, 0.717) is 17.5 Å². The molecule has 0 unspecified atom stereocenters. The molecule has 1 aromatic carbocycles. The number of nitrogens with zero attached hydrogens (tertiary/aromatic N) is 4. The largest absolute Gasteiger partial charge is 0.465 e. The van der Waals surface area contributed by atoms with E-state index in [1.165, 1.54) is 31.0 Å². The van der Waals surface area contributed by atoms with Gasteiger partial charge < -0.3 is 10.1 Å². The van der Waals surface area contributed by atoms with Gasteiger partial charge in [0.1, 0.15) is 6.54 Å². The quantitative estimate of drug-likeness (QED) is 0.471. The molecule has 154 valence electrons. The first-order chi connectivity index (χ1) is 14.2. The first-order valence-electron chi connectivity index (χ1n) is 10.1. The van der Waals surface area contributed by atoms with Gasteiger partial charge in [-0.05, 0) is 31.9 Å². The third-order valence-corrected chi connectivity index (χ3v) is 6.07. The first-order valence-corrected chi connectivity index (χ1v) is 11.1. The van der Waals surface area contributed by atoms with Crippen LogP contribution in [-0.2, 0) is 20.9 Å². The van der Waals surface area contributed by atoms with Crippen LogP contribution in [0.4, 0.5) is 0 Å². The van der Waals surface area contributed by atoms with Crippen LogP contribution in [0.1, 0.15) is 39.0 Å². The van der Waals surface area contributed by atoms with E-state index in [1.807, 2.05) is 33.2 Å². The van der Waals surface area contributed by atoms with Gasteiger partial charge in [0.05, 0.1) is 23.4 Å². The van der Waals surface area contributed by atoms with Crippen LogP contribution < -0.4 is 5.32 Å². The molecule has 1 fully saturated rings. The molecule has 0 saturated heterocycles. The Kier molecular flexibility index (Phi) is 6.03. The van der Waals surface area contributed by atoms with Crippen molar-refractivity contribution in [1.82, 2.24) is 24.5 Å². The summed E-state index contributed by atoms with van der Waals surface area (Å²) in [5, 5.41) is 12.3. The van der Waals surface area contributed by atoms with Crippen LogP contribution in [0, 0.1) is 0 Å². The van der Waals surface area contributed by atoms with Crippen molar-refractivity contribution in [2.75, 3.05) is 12.4 Å². The SMILES string of the molecule is CCOC(=O)CSc1nnc2n(CC(=O)NC3CCCCC3)c3ccccc3n12. The average Bonchev–Trinajstić information content (AvgIpc) is 3.27. The molecular formula is C20H25N5O3S. The number of fused-ring (bicyclic) bond motifs is 3. The highest BCUT2D eigenvalue weighted by Crippen LogP contribution is 2.26. The lowest BCUT2D eigenvalue weighted by Crippen LogP contribution is -2.38. The Hall–Kier alpha value is -2.55. The van der Waals surface area contributed by atoms with E-state index in [4.69, 9.17) is 4.74 Å². The van der Waals surface area contributed by atoms with E-state index in [1.54, 1.807) is 6.92 Å². The van der Waals surface area contributed by atoms with Crippen LogP contribution >= 0.6 is 11.8 Å². The van der Waals surface area contributed by atoms with Gasteiger partial charge in [-0.2, -0.15) is 0 Å². The van der Waals surface area contributed by atoms with Crippen LogP contribution in [0.25, 0.3) is 16.8 Å². The van der Waals surface area contributed by atoms with Crippen LogP contribution in [0.3, 0.4) is 0 Å². The lowest BCUT2D eigenvalue weighted by atomic mass is 9.95. The van der Waals surface area contributed by atoms with Crippen molar-refractivity contribution in [3.05, 3.63) is 24.3 Å². The molecule has 0 bridgehead atoms. The molecule has 2 aromatic heterocycles. The maximum absolute atomic E-state index is 12.7. The minimum absolute atomic E-state index is 0.0103. The summed E-state index contributed by atoms with van der Waals surface area (Å²) in [6.45, 7) is 2.32. The molecule has 0 atom stereocenters. The molecule has 3 aromatic rings. The summed E-state index contributed by atoms with van der Waals surface area (Å²) >= 11 is 1.28. The maximum Gasteiger partial charge on any atom is 0.316 e. The van der Waals surface area contributed by atoms with Gasteiger partial charge in [0.2, 0.25) is 11.7 Å². The van der Waals surface area contributed by atoms with Gasteiger partial charge in [0.25, 0.3) is 0 Å². The number of aromatic nitrogens is 4. The fraction of sp³-hybridized carbons (Fsp3) is 0.500. The monoisotopic (exact) mass is 415 g/mol. The second-order valence-electron chi connectivity index (χ2n) is 7.19. The highest BCUT2D eigenvalue weighted by atomic mass is 32.2. The summed E-state index contributed by atoms with van der Waals surface area (Å²) in [6.07, 6.45) is 5.70. The van der Waals surface area contributed by atoms with E-state index < -0.39 is 0 Å². The molecule has 29 heavy (non-hydrogen) atoms. The highest BCUT2D eigenvalue weighted by molar-refractivity contribution is 7.99. The van der Waals surface area contributed by atoms with E-state index in [2.05, 4.69) is 15.5 Å². The molecule has 1 saturated carbocycles. The van der Waals surface area contributed by atoms with Gasteiger partial charge in [0.15, 0.2) is 5.16 Å². The standard InChI is InChI=1S/C20H25N5O3S/c1-2-28-18(27)13-29-20-23-22-19-24(15-10-6-7-11-16(15)25(19)20)12-17(26)21-14-8-4-3-5-9-14/h6-7,10-11,14H,2-5,8-9,12-13H2,1H3,(H,21,26). The van der Waals surface area contributed by atoms with Crippen molar-refractivity contribution in [3.8, 4) is 0 Å². The second-order valence-corrected chi connectivity index (χ2v) is 8.13. The summed E-state index contributed by atoms with van der Waals surface area (Å²) in [6, 6.07) is 8.08. The summed E-state index contributed by atoms with van der Waals surface area (Å²) in [4.78, 5) is 24.4. The molecule has 1 aliphatic carbocycles. The van der Waals surface area contributed by atoms with Crippen LogP contribution in [-0.4, -0.2) is 49.4 Å². The molecule has 9 heteroatoms. The smallest absolute Gasteiger partial charge is 0.316 e. The van der Waals surface area contributed by atoms with Crippen molar-refractivity contribution in [2.24, 2.45) is 0 Å². The molecular weight excluding hydrogens is 390 g/mol. The molecule has 2 heterocycles. The lowest BCUT2D eigenvalue weighted by Gasteiger charge is -2.22. The van der Waals surface area contributed by atoms with E-state index in [-0.39, 0.29) is 30.2 Å². The topological polar surface area (TPSA) is 90.5 Å². The van der Waals surface area contributed by atoms with Crippen molar-refractivity contribution in [1.29, 1.82) is 0 Å². The molecule has 1 N–H and O–H groups in total. The van der Waals surface area contributed by atoms with Crippen molar-refractivity contribution >= 4 is 40.4 Å². The second kappa shape index (κ2) is 8.86. The van der Waals surface area contributed by atoms with Gasteiger partial charge >= 0.3 is 5.97 Å². The molecule has 1 amide bonds. The predicted molar refractivity (Wildman–Crippen MR) is 111 cm³/mol. The number of ether oxygens (including phenoxy) is 1. The maximum atomic E-state index is 12.7. The van der Waals surface area contributed by atoms with Crippen molar-refractivity contribution < 1.29 is 14.3 Å². The van der Waals surface area contributed by atoms with Crippen LogP contribution in [0.5, 0.6) is 0 Å². The lowest BCUT2D eigenvalue weighted by molar-refractivity contribution is -0.139. The number of para-hydroxylation sites is 2. The van der Waals surface area contributed by atoms with Gasteiger partial charge in [-0.15, -0.1) is 10.2 Å². The molecule has 4 rings (SSSR count). The predicted octanol–water partition coefficient (Wildman–Crippen LogP) is 2.79. The number of nitrogens with one attached hydrogen (secondary N) is 1. The Balaban J connectivity index is 1.59. The Morgan fingerprint density at radius 1 is 1.17 bits per heavy atom. The zero-order valence-corrected chi connectivity index (χ0v) is 17.3. The number of imidazole rings is 1. The molecule has 0 aliphatic heterocycles. The van der Waals surface area contributed by atoms with E-state index >= 15 is 0 Å². The highest BCUT2D eigenvalue weighted by Gasteiger charge is 2.21. The number of hydrogen-bond donors (Lipinski definition) is 1. The molecule has 8 nitrogen and oxygen atoms in total.